The van der Waals surface area contributed by atoms with E-state index >= 15 is 0 Å². The summed E-state index contributed by atoms with van der Waals surface area (Å²) >= 11 is 0. The van der Waals surface area contributed by atoms with Crippen LogP contribution in [0.1, 0.15) is 19.3 Å². The SMILES string of the molecule is C1=NCCCCCN1. The highest BCUT2D eigenvalue weighted by Crippen LogP contribution is 1.94. The van der Waals surface area contributed by atoms with Gasteiger partial charge in [0.15, 0.2) is 0 Å². The molecule has 0 fully saturated rings. The summed E-state index contributed by atoms with van der Waals surface area (Å²) in [7, 11) is 0. The van der Waals surface area contributed by atoms with Crippen LogP contribution in [0, 0.1) is 0 Å². The minimum absolute atomic E-state index is 1.01. The fraction of sp³-hybridized carbons (Fsp3) is 0.833. The molecule has 0 aromatic rings. The molecule has 0 aromatic heterocycles. The van der Waals surface area contributed by atoms with Crippen LogP contribution in [0.25, 0.3) is 0 Å². The minimum Gasteiger partial charge on any atom is -0.376 e. The smallest absolute Gasteiger partial charge is 0.0823 e. The largest absolute Gasteiger partial charge is 0.376 e. The van der Waals surface area contributed by atoms with Gasteiger partial charge < -0.3 is 5.32 Å². The molecule has 8 heavy (non-hydrogen) atoms. The third-order valence-corrected chi connectivity index (χ3v) is 1.29. The lowest BCUT2D eigenvalue weighted by Crippen LogP contribution is -2.14. The van der Waals surface area contributed by atoms with Crippen LogP contribution >= 0.6 is 0 Å². The lowest BCUT2D eigenvalue weighted by molar-refractivity contribution is 0.658. The van der Waals surface area contributed by atoms with E-state index in [0.717, 1.165) is 13.1 Å². The van der Waals surface area contributed by atoms with E-state index in [-0.39, 0.29) is 0 Å². The Morgan fingerprint density at radius 1 is 1.25 bits per heavy atom. The summed E-state index contributed by atoms with van der Waals surface area (Å²) < 4.78 is 0. The molecule has 1 aliphatic rings. The summed E-state index contributed by atoms with van der Waals surface area (Å²) in [4.78, 5) is 4.09. The predicted octanol–water partition coefficient (Wildman–Crippen LogP) is 0.788. The maximum atomic E-state index is 4.09. The second-order valence-corrected chi connectivity index (χ2v) is 2.05. The number of aliphatic imine (C=N–C) groups is 1. The molecule has 0 spiro atoms. The first-order valence-corrected chi connectivity index (χ1v) is 3.22. The Morgan fingerprint density at radius 2 is 2.25 bits per heavy atom. The van der Waals surface area contributed by atoms with Gasteiger partial charge in [0.05, 0.1) is 6.34 Å². The van der Waals surface area contributed by atoms with Crippen molar-refractivity contribution < 1.29 is 0 Å². The van der Waals surface area contributed by atoms with E-state index in [1.165, 1.54) is 19.3 Å². The van der Waals surface area contributed by atoms with Gasteiger partial charge in [0, 0.05) is 13.1 Å². The molecule has 0 radical (unpaired) electrons. The molecular weight excluding hydrogens is 100 g/mol. The van der Waals surface area contributed by atoms with E-state index in [9.17, 15) is 0 Å². The summed E-state index contributed by atoms with van der Waals surface area (Å²) in [5, 5.41) is 3.10. The number of hydrogen-bond donors (Lipinski definition) is 1. The summed E-state index contributed by atoms with van der Waals surface area (Å²) in [5.41, 5.74) is 0. The Morgan fingerprint density at radius 3 is 3.25 bits per heavy atom. The second kappa shape index (κ2) is 3.47. The van der Waals surface area contributed by atoms with E-state index in [2.05, 4.69) is 10.3 Å². The normalized spacial score (nSPS) is 21.0. The standard InChI is InChI=1S/C6H12N2/c1-2-4-7-6-8-5-3-1/h6H,1-5H2,(H,7,8). The zero-order valence-corrected chi connectivity index (χ0v) is 5.06. The molecule has 2 nitrogen and oxygen atoms in total. The lowest BCUT2D eigenvalue weighted by Gasteiger charge is -2.02. The van der Waals surface area contributed by atoms with E-state index in [4.69, 9.17) is 0 Å². The van der Waals surface area contributed by atoms with Gasteiger partial charge in [0.25, 0.3) is 0 Å². The van der Waals surface area contributed by atoms with E-state index in [0.29, 0.717) is 0 Å². The first kappa shape index (κ1) is 5.60. The van der Waals surface area contributed by atoms with E-state index in [1.807, 2.05) is 6.34 Å². The van der Waals surface area contributed by atoms with Gasteiger partial charge in [-0.15, -0.1) is 0 Å². The molecule has 1 rings (SSSR count). The average Bonchev–Trinajstić information content (AvgIpc) is 1.62. The van der Waals surface area contributed by atoms with Crippen LogP contribution in [0.5, 0.6) is 0 Å². The van der Waals surface area contributed by atoms with Gasteiger partial charge in [-0.25, -0.2) is 0 Å². The molecule has 0 saturated heterocycles. The van der Waals surface area contributed by atoms with Crippen LogP contribution in [-0.4, -0.2) is 19.4 Å². The maximum absolute atomic E-state index is 4.09. The molecule has 0 unspecified atom stereocenters. The number of nitrogens with zero attached hydrogens (tertiary/aromatic N) is 1. The van der Waals surface area contributed by atoms with Crippen molar-refractivity contribution in [3.05, 3.63) is 0 Å². The fourth-order valence-electron chi connectivity index (χ4n) is 0.801. The highest BCUT2D eigenvalue weighted by atomic mass is 14.9. The molecular formula is C6H12N2. The van der Waals surface area contributed by atoms with E-state index in [1.54, 1.807) is 0 Å². The molecule has 1 N–H and O–H groups in total. The third kappa shape index (κ3) is 1.96. The maximum Gasteiger partial charge on any atom is 0.0823 e. The van der Waals surface area contributed by atoms with Crippen LogP contribution in [0.3, 0.4) is 0 Å². The minimum atomic E-state index is 1.01. The lowest BCUT2D eigenvalue weighted by atomic mass is 10.2. The zero-order valence-electron chi connectivity index (χ0n) is 5.06. The van der Waals surface area contributed by atoms with Gasteiger partial charge in [0.1, 0.15) is 0 Å². The predicted molar refractivity (Wildman–Crippen MR) is 35.2 cm³/mol. The van der Waals surface area contributed by atoms with Gasteiger partial charge >= 0.3 is 0 Å². The fourth-order valence-corrected chi connectivity index (χ4v) is 0.801. The van der Waals surface area contributed by atoms with Crippen LogP contribution in [0.4, 0.5) is 0 Å². The van der Waals surface area contributed by atoms with Crippen LogP contribution < -0.4 is 5.32 Å². The first-order chi connectivity index (χ1) is 4.00. The molecule has 0 aromatic carbocycles. The highest BCUT2D eigenvalue weighted by molar-refractivity contribution is 5.54. The Bertz CT molecular complexity index is 68.6. The van der Waals surface area contributed by atoms with Crippen molar-refractivity contribution in [3.63, 3.8) is 0 Å². The summed E-state index contributed by atoms with van der Waals surface area (Å²) in [6, 6.07) is 0. The van der Waals surface area contributed by atoms with Crippen molar-refractivity contribution >= 4 is 6.34 Å². The van der Waals surface area contributed by atoms with Crippen molar-refractivity contribution in [1.82, 2.24) is 5.32 Å². The van der Waals surface area contributed by atoms with E-state index < -0.39 is 0 Å². The number of rotatable bonds is 0. The van der Waals surface area contributed by atoms with Crippen molar-refractivity contribution in [2.75, 3.05) is 13.1 Å². The third-order valence-electron chi connectivity index (χ3n) is 1.29. The van der Waals surface area contributed by atoms with Gasteiger partial charge in [-0.05, 0) is 19.3 Å². The van der Waals surface area contributed by atoms with Gasteiger partial charge in [-0.3, -0.25) is 4.99 Å². The zero-order chi connectivity index (χ0) is 5.66. The highest BCUT2D eigenvalue weighted by Gasteiger charge is 1.89. The molecule has 0 saturated carbocycles. The van der Waals surface area contributed by atoms with Gasteiger partial charge in [-0.1, -0.05) is 0 Å². The molecule has 0 bridgehead atoms. The van der Waals surface area contributed by atoms with Crippen LogP contribution in [0.15, 0.2) is 4.99 Å². The van der Waals surface area contributed by atoms with Crippen LogP contribution in [-0.2, 0) is 0 Å². The average molecular weight is 112 g/mol. The quantitative estimate of drug-likeness (QED) is 0.492. The Labute approximate surface area is 50.0 Å². The molecule has 2 heteroatoms. The monoisotopic (exact) mass is 112 g/mol. The Hall–Kier alpha value is -0.530. The van der Waals surface area contributed by atoms with Crippen molar-refractivity contribution in [3.8, 4) is 0 Å². The Balaban J connectivity index is 2.17. The summed E-state index contributed by atoms with van der Waals surface area (Å²) in [6.07, 6.45) is 5.70. The molecule has 0 atom stereocenters. The first-order valence-electron chi connectivity index (χ1n) is 3.22. The second-order valence-electron chi connectivity index (χ2n) is 2.05. The Kier molecular flexibility index (Phi) is 2.43. The number of nitrogens with one attached hydrogen (secondary N) is 1. The summed E-state index contributed by atoms with van der Waals surface area (Å²) in [5.74, 6) is 0. The molecule has 1 aliphatic heterocycles. The summed E-state index contributed by atoms with van der Waals surface area (Å²) in [6.45, 7) is 2.11. The molecule has 1 heterocycles. The van der Waals surface area contributed by atoms with Crippen molar-refractivity contribution in [2.45, 2.75) is 19.3 Å². The topological polar surface area (TPSA) is 24.4 Å². The van der Waals surface area contributed by atoms with Crippen LogP contribution in [0.2, 0.25) is 0 Å². The number of hydrogen-bond acceptors (Lipinski definition) is 2. The van der Waals surface area contributed by atoms with Gasteiger partial charge in [-0.2, -0.15) is 0 Å². The van der Waals surface area contributed by atoms with Crippen molar-refractivity contribution in [2.24, 2.45) is 4.99 Å². The van der Waals surface area contributed by atoms with Crippen molar-refractivity contribution in [1.29, 1.82) is 0 Å². The van der Waals surface area contributed by atoms with Gasteiger partial charge in [0.2, 0.25) is 0 Å². The molecule has 0 aliphatic carbocycles. The molecule has 46 valence electrons. The molecule has 0 amide bonds.